The fourth-order valence-corrected chi connectivity index (χ4v) is 7.78. The number of hydrogen-bond donors (Lipinski definition) is 0. The second-order valence-electron chi connectivity index (χ2n) is 11.2. The van der Waals surface area contributed by atoms with E-state index in [1.807, 2.05) is 6.92 Å². The summed E-state index contributed by atoms with van der Waals surface area (Å²) in [6.45, 7) is 8.55. The summed E-state index contributed by atoms with van der Waals surface area (Å²) in [4.78, 5) is 29.4. The summed E-state index contributed by atoms with van der Waals surface area (Å²) >= 11 is 0. The van der Waals surface area contributed by atoms with Gasteiger partial charge in [0.2, 0.25) is 5.91 Å². The maximum atomic E-state index is 13.3. The molecule has 4 aliphatic carbocycles. The van der Waals surface area contributed by atoms with E-state index < -0.39 is 0 Å². The van der Waals surface area contributed by atoms with Crippen molar-refractivity contribution in [2.45, 2.75) is 51.9 Å². The van der Waals surface area contributed by atoms with Crippen molar-refractivity contribution in [2.75, 3.05) is 62.3 Å². The van der Waals surface area contributed by atoms with E-state index in [1.54, 1.807) is 0 Å². The van der Waals surface area contributed by atoms with Gasteiger partial charge in [0, 0.05) is 51.8 Å². The highest BCUT2D eigenvalue weighted by Gasteiger charge is 2.51. The molecule has 6 aliphatic rings. The summed E-state index contributed by atoms with van der Waals surface area (Å²) in [5, 5.41) is 0. The minimum atomic E-state index is 0.333. The Bertz CT molecular complexity index is 825. The van der Waals surface area contributed by atoms with Crippen LogP contribution in [0.4, 0.5) is 11.6 Å². The summed E-state index contributed by atoms with van der Waals surface area (Å²) in [5.41, 5.74) is 0.333. The van der Waals surface area contributed by atoms with Crippen molar-refractivity contribution >= 4 is 17.5 Å². The fourth-order valence-electron chi connectivity index (χ4n) is 7.78. The van der Waals surface area contributed by atoms with E-state index >= 15 is 0 Å². The molecule has 32 heavy (non-hydrogen) atoms. The number of ether oxygens (including phenoxy) is 1. The summed E-state index contributed by atoms with van der Waals surface area (Å²) in [6, 6.07) is 2.12. The third-order valence-electron chi connectivity index (χ3n) is 8.79. The van der Waals surface area contributed by atoms with Crippen LogP contribution < -0.4 is 9.80 Å². The van der Waals surface area contributed by atoms with E-state index in [1.165, 1.54) is 38.5 Å². The normalized spacial score (nSPS) is 34.3. The van der Waals surface area contributed by atoms with Gasteiger partial charge in [-0.2, -0.15) is 0 Å². The summed E-state index contributed by atoms with van der Waals surface area (Å²) < 4.78 is 5.49. The van der Waals surface area contributed by atoms with Crippen molar-refractivity contribution in [1.82, 2.24) is 14.9 Å². The Hall–Kier alpha value is -1.89. The van der Waals surface area contributed by atoms with Gasteiger partial charge in [-0.15, -0.1) is 0 Å². The molecule has 0 aromatic carbocycles. The highest BCUT2D eigenvalue weighted by molar-refractivity contribution is 5.77. The average Bonchev–Trinajstić information content (AvgIpc) is 2.78. The number of carbonyl (C=O) groups is 1. The lowest BCUT2D eigenvalue weighted by Gasteiger charge is -2.57. The summed E-state index contributed by atoms with van der Waals surface area (Å²) in [5.74, 6) is 5.93. The van der Waals surface area contributed by atoms with Gasteiger partial charge in [-0.1, -0.05) is 0 Å². The molecule has 1 aromatic heterocycles. The van der Waals surface area contributed by atoms with Crippen LogP contribution in [0.15, 0.2) is 6.07 Å². The quantitative estimate of drug-likeness (QED) is 0.719. The van der Waals surface area contributed by atoms with Crippen LogP contribution in [0.25, 0.3) is 0 Å². The van der Waals surface area contributed by atoms with Crippen LogP contribution in [0.1, 0.15) is 50.8 Å². The number of hydrogen-bond acceptors (Lipinski definition) is 6. The molecule has 1 aromatic rings. The molecule has 1 amide bonds. The molecule has 2 saturated heterocycles. The molecule has 6 fully saturated rings. The predicted octanol–water partition coefficient (Wildman–Crippen LogP) is 2.88. The highest BCUT2D eigenvalue weighted by atomic mass is 16.5. The van der Waals surface area contributed by atoms with Crippen LogP contribution in [0.5, 0.6) is 0 Å². The van der Waals surface area contributed by atoms with Crippen molar-refractivity contribution in [3.8, 4) is 0 Å². The van der Waals surface area contributed by atoms with E-state index in [2.05, 4.69) is 25.8 Å². The largest absolute Gasteiger partial charge is 0.378 e. The molecule has 4 saturated carbocycles. The molecule has 0 radical (unpaired) electrons. The number of aromatic nitrogens is 2. The van der Waals surface area contributed by atoms with Crippen molar-refractivity contribution in [2.24, 2.45) is 23.2 Å². The van der Waals surface area contributed by atoms with E-state index in [4.69, 9.17) is 9.72 Å². The highest BCUT2D eigenvalue weighted by Crippen LogP contribution is 2.61. The Morgan fingerprint density at radius 2 is 1.44 bits per heavy atom. The third-order valence-corrected chi connectivity index (χ3v) is 8.79. The van der Waals surface area contributed by atoms with Gasteiger partial charge in [0.25, 0.3) is 0 Å². The zero-order valence-electron chi connectivity index (χ0n) is 19.5. The predicted molar refractivity (Wildman–Crippen MR) is 124 cm³/mol. The summed E-state index contributed by atoms with van der Waals surface area (Å²) in [7, 11) is 0. The third kappa shape index (κ3) is 3.97. The average molecular weight is 440 g/mol. The summed E-state index contributed by atoms with van der Waals surface area (Å²) in [6.07, 6.45) is 9.06. The van der Waals surface area contributed by atoms with Crippen LogP contribution in [0.2, 0.25) is 0 Å². The lowest BCUT2D eigenvalue weighted by atomic mass is 9.49. The standard InChI is InChI=1S/C25H37N5O2/c1-18-26-22(13-23(27-18)29-6-8-32-9-7-29)28-2-4-30(5-3-28)24(31)17-25-14-19-10-20(15-25)12-21(11-19)16-25/h13,19-21H,2-12,14-17H2,1H3. The van der Waals surface area contributed by atoms with Crippen molar-refractivity contribution in [1.29, 1.82) is 0 Å². The Balaban J connectivity index is 1.08. The van der Waals surface area contributed by atoms with Crippen LogP contribution in [-0.2, 0) is 9.53 Å². The fraction of sp³-hybridized carbons (Fsp3) is 0.800. The Kier molecular flexibility index (Phi) is 5.27. The molecule has 7 heteroatoms. The van der Waals surface area contributed by atoms with Crippen LogP contribution in [0, 0.1) is 30.1 Å². The first kappa shape index (κ1) is 20.7. The molecule has 0 unspecified atom stereocenters. The SMILES string of the molecule is Cc1nc(N2CCOCC2)cc(N2CCN(C(=O)CC34CC5CC(CC(C5)C3)C4)CC2)n1. The minimum Gasteiger partial charge on any atom is -0.378 e. The molecule has 4 bridgehead atoms. The van der Waals surface area contributed by atoms with Gasteiger partial charge in [-0.25, -0.2) is 9.97 Å². The molecular weight excluding hydrogens is 402 g/mol. The van der Waals surface area contributed by atoms with E-state index in [9.17, 15) is 4.79 Å². The van der Waals surface area contributed by atoms with Gasteiger partial charge in [0.05, 0.1) is 13.2 Å². The Morgan fingerprint density at radius 3 is 2.00 bits per heavy atom. The first-order valence-corrected chi connectivity index (χ1v) is 12.8. The van der Waals surface area contributed by atoms with Crippen molar-refractivity contribution in [3.05, 3.63) is 11.9 Å². The molecule has 7 rings (SSSR count). The number of nitrogens with zero attached hydrogens (tertiary/aromatic N) is 5. The number of rotatable bonds is 4. The van der Waals surface area contributed by atoms with Crippen LogP contribution in [-0.4, -0.2) is 73.3 Å². The van der Waals surface area contributed by atoms with Gasteiger partial charge in [0.1, 0.15) is 17.5 Å². The molecule has 7 nitrogen and oxygen atoms in total. The maximum Gasteiger partial charge on any atom is 0.223 e. The van der Waals surface area contributed by atoms with Gasteiger partial charge < -0.3 is 19.4 Å². The topological polar surface area (TPSA) is 61.8 Å². The molecule has 0 spiro atoms. The first-order chi connectivity index (χ1) is 15.6. The van der Waals surface area contributed by atoms with Crippen LogP contribution in [0.3, 0.4) is 0 Å². The number of morpholine rings is 1. The van der Waals surface area contributed by atoms with Crippen molar-refractivity contribution in [3.63, 3.8) is 0 Å². The molecule has 2 aliphatic heterocycles. The van der Waals surface area contributed by atoms with E-state index in [0.717, 1.165) is 94.1 Å². The molecule has 3 heterocycles. The molecule has 0 atom stereocenters. The smallest absolute Gasteiger partial charge is 0.223 e. The maximum absolute atomic E-state index is 13.3. The second kappa shape index (κ2) is 8.15. The van der Waals surface area contributed by atoms with E-state index in [-0.39, 0.29) is 0 Å². The number of anilines is 2. The zero-order valence-corrected chi connectivity index (χ0v) is 19.5. The van der Waals surface area contributed by atoms with Gasteiger partial charge in [-0.3, -0.25) is 4.79 Å². The lowest BCUT2D eigenvalue weighted by Crippen LogP contribution is -2.52. The van der Waals surface area contributed by atoms with Crippen molar-refractivity contribution < 1.29 is 9.53 Å². The Morgan fingerprint density at radius 1 is 0.906 bits per heavy atom. The monoisotopic (exact) mass is 439 g/mol. The van der Waals surface area contributed by atoms with Gasteiger partial charge in [-0.05, 0) is 68.6 Å². The second-order valence-corrected chi connectivity index (χ2v) is 11.2. The Labute approximate surface area is 191 Å². The van der Waals surface area contributed by atoms with E-state index in [0.29, 0.717) is 11.3 Å². The van der Waals surface area contributed by atoms with Gasteiger partial charge in [0.15, 0.2) is 0 Å². The number of aryl methyl sites for hydroxylation is 1. The molecular formula is C25H37N5O2. The number of piperazine rings is 1. The minimum absolute atomic E-state index is 0.333. The molecule has 0 N–H and O–H groups in total. The lowest BCUT2D eigenvalue weighted by molar-refractivity contribution is -0.139. The number of carbonyl (C=O) groups excluding carboxylic acids is 1. The zero-order chi connectivity index (χ0) is 21.7. The van der Waals surface area contributed by atoms with Gasteiger partial charge >= 0.3 is 0 Å². The molecule has 174 valence electrons. The van der Waals surface area contributed by atoms with Crippen LogP contribution >= 0.6 is 0 Å². The number of amides is 1. The first-order valence-electron chi connectivity index (χ1n) is 12.8.